The maximum Gasteiger partial charge on any atom is 0.416 e. The number of halogens is 5. The Morgan fingerprint density at radius 1 is 1.22 bits per heavy atom. The Kier molecular flexibility index (Phi) is 3.25. The average Bonchev–Trinajstić information content (AvgIpc) is 2.62. The summed E-state index contributed by atoms with van der Waals surface area (Å²) in [5.41, 5.74) is -0.355. The molecule has 0 aliphatic heterocycles. The molecule has 3 nitrogen and oxygen atoms in total. The Morgan fingerprint density at radius 3 is 2.17 bits per heavy atom. The number of hydrogen-bond donors (Lipinski definition) is 0. The number of benzene rings is 1. The second kappa shape index (κ2) is 4.44. The highest BCUT2D eigenvalue weighted by molar-refractivity contribution is 6.37. The molecule has 0 aliphatic rings. The van der Waals surface area contributed by atoms with Gasteiger partial charge in [0.1, 0.15) is 11.9 Å². The molecule has 1 aromatic carbocycles. The van der Waals surface area contributed by atoms with E-state index in [0.717, 1.165) is 16.9 Å². The molecule has 0 spiro atoms. The quantitative estimate of drug-likeness (QED) is 0.803. The Morgan fingerprint density at radius 2 is 1.78 bits per heavy atom. The standard InChI is InChI=1S/C10H5Cl2F3N3/c1-5-4-16-18(17-5)9-7(11)2-6(3-8(9)12)10(13,14)15/h2-3H,1H3. The van der Waals surface area contributed by atoms with Crippen LogP contribution in [0.5, 0.6) is 0 Å². The molecule has 0 aliphatic carbocycles. The van der Waals surface area contributed by atoms with Crippen molar-refractivity contribution in [1.82, 2.24) is 15.0 Å². The third-order valence-corrected chi connectivity index (χ3v) is 2.67. The first-order valence-corrected chi connectivity index (χ1v) is 5.43. The summed E-state index contributed by atoms with van der Waals surface area (Å²) in [5, 5.41) is 7.26. The van der Waals surface area contributed by atoms with Crippen molar-refractivity contribution < 1.29 is 13.2 Å². The van der Waals surface area contributed by atoms with Crippen molar-refractivity contribution in [1.29, 1.82) is 0 Å². The van der Waals surface area contributed by atoms with Gasteiger partial charge in [-0.25, -0.2) is 0 Å². The van der Waals surface area contributed by atoms with E-state index in [9.17, 15) is 13.2 Å². The number of aryl methyl sites for hydroxylation is 1. The SMILES string of the molecule is Cc1[c]nn(-c2c(Cl)cc(C(F)(F)F)cc2Cl)n1. The van der Waals surface area contributed by atoms with Crippen molar-refractivity contribution >= 4 is 23.2 Å². The molecule has 0 unspecified atom stereocenters. The van der Waals surface area contributed by atoms with Gasteiger partial charge < -0.3 is 0 Å². The molecule has 0 saturated carbocycles. The number of nitrogens with zero attached hydrogens (tertiary/aromatic N) is 3. The van der Waals surface area contributed by atoms with Gasteiger partial charge >= 0.3 is 6.18 Å². The minimum atomic E-state index is -4.51. The zero-order valence-electron chi connectivity index (χ0n) is 8.89. The monoisotopic (exact) mass is 294 g/mol. The van der Waals surface area contributed by atoms with Gasteiger partial charge in [0, 0.05) is 0 Å². The first kappa shape index (κ1) is 13.2. The Labute approximate surface area is 110 Å². The summed E-state index contributed by atoms with van der Waals surface area (Å²) in [6.45, 7) is 1.63. The number of rotatable bonds is 1. The summed E-state index contributed by atoms with van der Waals surface area (Å²) in [4.78, 5) is 1.04. The molecule has 0 bridgehead atoms. The number of alkyl halides is 3. The predicted octanol–water partition coefficient (Wildman–Crippen LogP) is 3.70. The zero-order chi connectivity index (χ0) is 13.5. The summed E-state index contributed by atoms with van der Waals surface area (Å²) in [7, 11) is 0. The third-order valence-electron chi connectivity index (χ3n) is 2.10. The zero-order valence-corrected chi connectivity index (χ0v) is 10.4. The van der Waals surface area contributed by atoms with Gasteiger partial charge in [0.25, 0.3) is 0 Å². The highest BCUT2D eigenvalue weighted by Gasteiger charge is 2.32. The van der Waals surface area contributed by atoms with Crippen molar-refractivity contribution in [3.63, 3.8) is 0 Å². The van der Waals surface area contributed by atoms with E-state index in [4.69, 9.17) is 23.2 Å². The van der Waals surface area contributed by atoms with Crippen LogP contribution in [-0.2, 0) is 6.18 Å². The fraction of sp³-hybridized carbons (Fsp3) is 0.200. The van der Waals surface area contributed by atoms with Gasteiger partial charge in [-0.3, -0.25) is 0 Å². The molecular formula is C10H5Cl2F3N3. The first-order valence-electron chi connectivity index (χ1n) is 4.67. The van der Waals surface area contributed by atoms with Crippen LogP contribution in [0.1, 0.15) is 11.3 Å². The lowest BCUT2D eigenvalue weighted by Crippen LogP contribution is -2.07. The molecule has 95 valence electrons. The Balaban J connectivity index is 2.58. The van der Waals surface area contributed by atoms with Crippen molar-refractivity contribution in [2.75, 3.05) is 0 Å². The van der Waals surface area contributed by atoms with E-state index in [-0.39, 0.29) is 15.7 Å². The van der Waals surface area contributed by atoms with Crippen molar-refractivity contribution in [2.45, 2.75) is 13.1 Å². The van der Waals surface area contributed by atoms with E-state index in [0.29, 0.717) is 5.69 Å². The van der Waals surface area contributed by atoms with E-state index in [1.165, 1.54) is 0 Å². The molecule has 0 saturated heterocycles. The van der Waals surface area contributed by atoms with Crippen molar-refractivity contribution in [3.05, 3.63) is 39.6 Å². The minimum Gasteiger partial charge on any atom is -0.166 e. The molecule has 1 radical (unpaired) electrons. The van der Waals surface area contributed by atoms with Crippen LogP contribution in [0.25, 0.3) is 5.69 Å². The Bertz CT molecular complexity index is 569. The second-order valence-electron chi connectivity index (χ2n) is 3.47. The smallest absolute Gasteiger partial charge is 0.166 e. The maximum absolute atomic E-state index is 12.5. The topological polar surface area (TPSA) is 30.7 Å². The summed E-state index contributed by atoms with van der Waals surface area (Å²) in [6, 6.07) is 1.56. The van der Waals surface area contributed by atoms with Gasteiger partial charge in [-0.15, -0.1) is 9.90 Å². The highest BCUT2D eigenvalue weighted by atomic mass is 35.5. The molecule has 1 aromatic heterocycles. The number of hydrogen-bond acceptors (Lipinski definition) is 2. The largest absolute Gasteiger partial charge is 0.416 e. The molecule has 0 atom stereocenters. The first-order chi connectivity index (χ1) is 8.29. The molecular weight excluding hydrogens is 290 g/mol. The van der Waals surface area contributed by atoms with Crippen LogP contribution >= 0.6 is 23.2 Å². The van der Waals surface area contributed by atoms with E-state index in [1.54, 1.807) is 6.92 Å². The van der Waals surface area contributed by atoms with Gasteiger partial charge in [-0.05, 0) is 19.1 Å². The third kappa shape index (κ3) is 2.44. The molecule has 0 fully saturated rings. The minimum absolute atomic E-state index is 0.0932. The van der Waals surface area contributed by atoms with E-state index >= 15 is 0 Å². The van der Waals surface area contributed by atoms with E-state index in [2.05, 4.69) is 16.4 Å². The van der Waals surface area contributed by atoms with Crippen LogP contribution in [0.15, 0.2) is 12.1 Å². The molecule has 18 heavy (non-hydrogen) atoms. The van der Waals surface area contributed by atoms with Crippen LogP contribution < -0.4 is 0 Å². The van der Waals surface area contributed by atoms with Crippen LogP contribution in [0, 0.1) is 13.1 Å². The fourth-order valence-electron chi connectivity index (χ4n) is 1.33. The summed E-state index contributed by atoms with van der Waals surface area (Å²) in [5.74, 6) is 0. The lowest BCUT2D eigenvalue weighted by molar-refractivity contribution is -0.137. The predicted molar refractivity (Wildman–Crippen MR) is 60.0 cm³/mol. The summed E-state index contributed by atoms with van der Waals surface area (Å²) >= 11 is 11.6. The normalized spacial score (nSPS) is 11.9. The molecule has 2 rings (SSSR count). The molecule has 0 amide bonds. The number of aromatic nitrogens is 3. The van der Waals surface area contributed by atoms with Crippen LogP contribution in [0.3, 0.4) is 0 Å². The van der Waals surface area contributed by atoms with Crippen LogP contribution in [0.2, 0.25) is 10.0 Å². The molecule has 1 heterocycles. The van der Waals surface area contributed by atoms with Crippen molar-refractivity contribution in [2.24, 2.45) is 0 Å². The lowest BCUT2D eigenvalue weighted by atomic mass is 10.2. The maximum atomic E-state index is 12.5. The fourth-order valence-corrected chi connectivity index (χ4v) is 1.97. The van der Waals surface area contributed by atoms with Crippen LogP contribution in [0.4, 0.5) is 13.2 Å². The van der Waals surface area contributed by atoms with Crippen molar-refractivity contribution in [3.8, 4) is 5.69 Å². The summed E-state index contributed by atoms with van der Waals surface area (Å²) in [6.07, 6.45) is -1.98. The van der Waals surface area contributed by atoms with Gasteiger partial charge in [0.05, 0.1) is 21.3 Å². The van der Waals surface area contributed by atoms with Gasteiger partial charge in [0.2, 0.25) is 0 Å². The molecule has 2 aromatic rings. The van der Waals surface area contributed by atoms with Gasteiger partial charge in [0.15, 0.2) is 0 Å². The highest BCUT2D eigenvalue weighted by Crippen LogP contribution is 2.36. The lowest BCUT2D eigenvalue weighted by Gasteiger charge is -2.11. The van der Waals surface area contributed by atoms with Crippen LogP contribution in [-0.4, -0.2) is 15.0 Å². The molecule has 8 heteroatoms. The van der Waals surface area contributed by atoms with E-state index in [1.807, 2.05) is 0 Å². The van der Waals surface area contributed by atoms with Gasteiger partial charge in [-0.1, -0.05) is 23.2 Å². The van der Waals surface area contributed by atoms with Gasteiger partial charge in [-0.2, -0.15) is 18.3 Å². The molecule has 0 N–H and O–H groups in total. The second-order valence-corrected chi connectivity index (χ2v) is 4.29. The van der Waals surface area contributed by atoms with E-state index < -0.39 is 11.7 Å². The Hall–Kier alpha value is -1.27. The average molecular weight is 295 g/mol. The summed E-state index contributed by atoms with van der Waals surface area (Å²) < 4.78 is 37.6.